The zero-order chi connectivity index (χ0) is 16.0. The Balaban J connectivity index is 3.04. The molecular formula is C14H16F3NOS2. The first-order chi connectivity index (χ1) is 9.81. The van der Waals surface area contributed by atoms with Gasteiger partial charge in [0.25, 0.3) is 5.78 Å². The van der Waals surface area contributed by atoms with Crippen LogP contribution in [0.2, 0.25) is 0 Å². The van der Waals surface area contributed by atoms with Crippen molar-refractivity contribution in [1.29, 1.82) is 0 Å². The molecule has 2 nitrogen and oxygen atoms in total. The lowest BCUT2D eigenvalue weighted by atomic mass is 10.1. The predicted octanol–water partition coefficient (Wildman–Crippen LogP) is 4.22. The van der Waals surface area contributed by atoms with Crippen LogP contribution in [-0.2, 0) is 4.79 Å². The van der Waals surface area contributed by atoms with E-state index in [1.165, 1.54) is 12.1 Å². The van der Waals surface area contributed by atoms with Crippen LogP contribution in [0.3, 0.4) is 0 Å². The Morgan fingerprint density at radius 3 is 2.19 bits per heavy atom. The molecule has 0 radical (unpaired) electrons. The lowest BCUT2D eigenvalue weighted by molar-refractivity contribution is -0.170. The summed E-state index contributed by atoms with van der Waals surface area (Å²) in [6.07, 6.45) is -4.88. The molecule has 0 fully saturated rings. The van der Waals surface area contributed by atoms with E-state index in [0.717, 1.165) is 11.8 Å². The molecule has 1 aromatic rings. The van der Waals surface area contributed by atoms with E-state index in [0.29, 0.717) is 23.0 Å². The Kier molecular flexibility index (Phi) is 6.67. The number of thioether (sulfide) groups is 1. The number of ketones is 1. The van der Waals surface area contributed by atoms with Gasteiger partial charge in [0.05, 0.1) is 0 Å². The third-order valence-corrected chi connectivity index (χ3v) is 4.59. The number of thiocarbonyl (C=S) groups is 1. The summed E-state index contributed by atoms with van der Waals surface area (Å²) in [6, 6.07) is 7.91. The second-order valence-electron chi connectivity index (χ2n) is 4.21. The number of nitrogens with zero attached hydrogens (tertiary/aromatic N) is 1. The first-order valence-electron chi connectivity index (χ1n) is 6.42. The van der Waals surface area contributed by atoms with E-state index < -0.39 is 17.2 Å². The zero-order valence-corrected chi connectivity index (χ0v) is 13.3. The zero-order valence-electron chi connectivity index (χ0n) is 11.7. The summed E-state index contributed by atoms with van der Waals surface area (Å²) in [5.41, 5.74) is 0.305. The molecular weight excluding hydrogens is 319 g/mol. The van der Waals surface area contributed by atoms with Crippen LogP contribution in [0.15, 0.2) is 30.3 Å². The van der Waals surface area contributed by atoms with Crippen molar-refractivity contribution in [3.8, 4) is 0 Å². The van der Waals surface area contributed by atoms with Crippen LogP contribution in [0.4, 0.5) is 13.2 Å². The topological polar surface area (TPSA) is 20.3 Å². The van der Waals surface area contributed by atoms with Crippen molar-refractivity contribution >= 4 is 34.1 Å². The van der Waals surface area contributed by atoms with E-state index in [-0.39, 0.29) is 0 Å². The number of carbonyl (C=O) groups is 1. The number of carbonyl (C=O) groups excluding carboxylic acids is 1. The summed E-state index contributed by atoms with van der Waals surface area (Å²) in [4.78, 5) is 13.4. The maximum Gasteiger partial charge on any atom is 0.451 e. The first-order valence-corrected chi connectivity index (χ1v) is 7.71. The van der Waals surface area contributed by atoms with Gasteiger partial charge in [0, 0.05) is 13.1 Å². The van der Waals surface area contributed by atoms with E-state index in [1.807, 2.05) is 13.8 Å². The van der Waals surface area contributed by atoms with Crippen LogP contribution in [0.1, 0.15) is 24.7 Å². The van der Waals surface area contributed by atoms with Crippen LogP contribution >= 0.6 is 24.0 Å². The monoisotopic (exact) mass is 335 g/mol. The Morgan fingerprint density at radius 2 is 1.76 bits per heavy atom. The standard InChI is InChI=1S/C14H16F3NOS2/c1-3-18(4-2)13(20)21-11(12(19)14(15,16)17)10-8-6-5-7-9-10/h5-9,11H,3-4H2,1-2H3. The molecule has 1 unspecified atom stereocenters. The van der Waals surface area contributed by atoms with Crippen LogP contribution < -0.4 is 0 Å². The van der Waals surface area contributed by atoms with Crippen LogP contribution in [0, 0.1) is 0 Å². The maximum atomic E-state index is 12.8. The fourth-order valence-electron chi connectivity index (χ4n) is 1.71. The van der Waals surface area contributed by atoms with E-state index in [1.54, 1.807) is 23.1 Å². The summed E-state index contributed by atoms with van der Waals surface area (Å²) in [5, 5.41) is -1.36. The first kappa shape index (κ1) is 18.0. The Hall–Kier alpha value is -1.08. The fraction of sp³-hybridized carbons (Fsp3) is 0.429. The number of hydrogen-bond donors (Lipinski definition) is 0. The van der Waals surface area contributed by atoms with Crippen molar-refractivity contribution in [3.05, 3.63) is 35.9 Å². The second kappa shape index (κ2) is 7.79. The third kappa shape index (κ3) is 5.00. The molecule has 116 valence electrons. The number of Topliss-reactive ketones (excluding diaryl/α,β-unsaturated/α-hetero) is 1. The molecule has 0 bridgehead atoms. The molecule has 7 heteroatoms. The number of benzene rings is 1. The third-order valence-electron chi connectivity index (χ3n) is 2.86. The molecule has 0 spiro atoms. The van der Waals surface area contributed by atoms with E-state index >= 15 is 0 Å². The second-order valence-corrected chi connectivity index (χ2v) is 5.95. The molecule has 21 heavy (non-hydrogen) atoms. The molecule has 0 aliphatic heterocycles. The molecule has 0 aromatic heterocycles. The molecule has 0 aliphatic carbocycles. The maximum absolute atomic E-state index is 12.8. The largest absolute Gasteiger partial charge is 0.451 e. The van der Waals surface area contributed by atoms with Crippen molar-refractivity contribution < 1.29 is 18.0 Å². The van der Waals surface area contributed by atoms with Crippen molar-refractivity contribution in [2.24, 2.45) is 0 Å². The highest BCUT2D eigenvalue weighted by molar-refractivity contribution is 8.23. The molecule has 0 heterocycles. The molecule has 0 saturated carbocycles. The normalized spacial score (nSPS) is 12.8. The van der Waals surface area contributed by atoms with Gasteiger partial charge >= 0.3 is 6.18 Å². The highest BCUT2D eigenvalue weighted by Crippen LogP contribution is 2.37. The summed E-state index contributed by atoms with van der Waals surface area (Å²) in [7, 11) is 0. The molecule has 1 aromatic carbocycles. The fourth-order valence-corrected chi connectivity index (χ4v) is 3.40. The van der Waals surface area contributed by atoms with Gasteiger partial charge in [-0.05, 0) is 19.4 Å². The van der Waals surface area contributed by atoms with Crippen LogP contribution in [0.25, 0.3) is 0 Å². The van der Waals surface area contributed by atoms with Gasteiger partial charge in [0.15, 0.2) is 0 Å². The highest BCUT2D eigenvalue weighted by atomic mass is 32.2. The van der Waals surface area contributed by atoms with Gasteiger partial charge in [0.2, 0.25) is 0 Å². The van der Waals surface area contributed by atoms with Crippen LogP contribution in [0.5, 0.6) is 0 Å². The van der Waals surface area contributed by atoms with Crippen LogP contribution in [-0.4, -0.2) is 34.3 Å². The average molecular weight is 335 g/mol. The highest BCUT2D eigenvalue weighted by Gasteiger charge is 2.44. The smallest absolute Gasteiger partial charge is 0.358 e. The van der Waals surface area contributed by atoms with Crippen molar-refractivity contribution in [2.75, 3.05) is 13.1 Å². The Morgan fingerprint density at radius 1 is 1.24 bits per heavy atom. The van der Waals surface area contributed by atoms with Gasteiger partial charge in [-0.25, -0.2) is 0 Å². The summed E-state index contributed by atoms with van der Waals surface area (Å²) in [5.74, 6) is -1.78. The minimum absolute atomic E-state index is 0.298. The lowest BCUT2D eigenvalue weighted by Crippen LogP contribution is -2.32. The van der Waals surface area contributed by atoms with E-state index in [4.69, 9.17) is 12.2 Å². The van der Waals surface area contributed by atoms with Gasteiger partial charge in [-0.1, -0.05) is 54.3 Å². The molecule has 0 aliphatic rings. The van der Waals surface area contributed by atoms with E-state index in [9.17, 15) is 18.0 Å². The SMILES string of the molecule is CCN(CC)C(=S)SC(C(=O)C(F)(F)F)c1ccccc1. The Bertz CT molecular complexity index is 487. The van der Waals surface area contributed by atoms with Crippen molar-refractivity contribution in [1.82, 2.24) is 4.90 Å². The number of rotatable bonds is 5. The summed E-state index contributed by atoms with van der Waals surface area (Å²) < 4.78 is 38.6. The number of hydrogen-bond acceptors (Lipinski definition) is 3. The van der Waals surface area contributed by atoms with E-state index in [2.05, 4.69) is 0 Å². The Labute approximate surface area is 131 Å². The molecule has 1 atom stereocenters. The van der Waals surface area contributed by atoms with Crippen molar-refractivity contribution in [2.45, 2.75) is 25.3 Å². The van der Waals surface area contributed by atoms with Gasteiger partial charge in [-0.2, -0.15) is 13.2 Å². The van der Waals surface area contributed by atoms with Crippen molar-refractivity contribution in [3.63, 3.8) is 0 Å². The summed E-state index contributed by atoms with van der Waals surface area (Å²) in [6.45, 7) is 4.90. The van der Waals surface area contributed by atoms with Gasteiger partial charge in [-0.3, -0.25) is 4.79 Å². The van der Waals surface area contributed by atoms with Gasteiger partial charge < -0.3 is 4.90 Å². The predicted molar refractivity (Wildman–Crippen MR) is 83.4 cm³/mol. The minimum Gasteiger partial charge on any atom is -0.358 e. The molecule has 0 amide bonds. The quantitative estimate of drug-likeness (QED) is 0.751. The summed E-state index contributed by atoms with van der Waals surface area (Å²) >= 11 is 5.94. The molecule has 0 N–H and O–H groups in total. The average Bonchev–Trinajstić information content (AvgIpc) is 2.45. The van der Waals surface area contributed by atoms with Gasteiger partial charge in [0.1, 0.15) is 9.57 Å². The lowest BCUT2D eigenvalue weighted by Gasteiger charge is -2.24. The number of alkyl halides is 3. The molecule has 0 saturated heterocycles. The number of halogens is 3. The van der Waals surface area contributed by atoms with Gasteiger partial charge in [-0.15, -0.1) is 0 Å². The minimum atomic E-state index is -4.88. The molecule has 1 rings (SSSR count).